The quantitative estimate of drug-likeness (QED) is 0.768. The fourth-order valence-electron chi connectivity index (χ4n) is 2.75. The van der Waals surface area contributed by atoms with E-state index in [9.17, 15) is 5.26 Å². The van der Waals surface area contributed by atoms with Crippen molar-refractivity contribution >= 4 is 0 Å². The van der Waals surface area contributed by atoms with E-state index in [-0.39, 0.29) is 0 Å². The number of hydrogen-bond donors (Lipinski definition) is 1. The second kappa shape index (κ2) is 7.84. The Morgan fingerprint density at radius 1 is 1.47 bits per heavy atom. The van der Waals surface area contributed by atoms with Gasteiger partial charge in [0.1, 0.15) is 5.54 Å². The van der Waals surface area contributed by atoms with Crippen LogP contribution in [0.2, 0.25) is 0 Å². The van der Waals surface area contributed by atoms with Gasteiger partial charge in [-0.15, -0.1) is 0 Å². The minimum atomic E-state index is -0.422. The Kier molecular flexibility index (Phi) is 6.78. The first-order valence-electron chi connectivity index (χ1n) is 7.48. The third kappa shape index (κ3) is 5.10. The Labute approximate surface area is 118 Å². The monoisotopic (exact) mass is 267 g/mol. The predicted octanol–water partition coefficient (Wildman–Crippen LogP) is 2.16. The van der Waals surface area contributed by atoms with Crippen LogP contribution in [-0.2, 0) is 4.74 Å². The van der Waals surface area contributed by atoms with Crippen molar-refractivity contribution in [1.29, 1.82) is 5.26 Å². The Balaban J connectivity index is 2.51. The van der Waals surface area contributed by atoms with Crippen LogP contribution in [0.3, 0.4) is 0 Å². The molecule has 0 aromatic rings. The average molecular weight is 267 g/mol. The zero-order valence-corrected chi connectivity index (χ0v) is 12.9. The molecule has 1 heterocycles. The number of nitrogens with zero attached hydrogens (tertiary/aromatic N) is 2. The van der Waals surface area contributed by atoms with Crippen LogP contribution in [0.5, 0.6) is 0 Å². The van der Waals surface area contributed by atoms with Crippen molar-refractivity contribution in [3.8, 4) is 6.07 Å². The molecule has 0 radical (unpaired) electrons. The lowest BCUT2D eigenvalue weighted by Crippen LogP contribution is -2.49. The van der Waals surface area contributed by atoms with E-state index in [0.717, 1.165) is 45.4 Å². The maximum Gasteiger partial charge on any atom is 0.105 e. The Morgan fingerprint density at radius 2 is 2.11 bits per heavy atom. The molecule has 0 aliphatic carbocycles. The van der Waals surface area contributed by atoms with E-state index in [0.29, 0.717) is 12.1 Å². The number of nitrogens with one attached hydrogen (secondary N) is 1. The maximum atomic E-state index is 9.40. The van der Waals surface area contributed by atoms with Crippen molar-refractivity contribution in [3.63, 3.8) is 0 Å². The van der Waals surface area contributed by atoms with Gasteiger partial charge < -0.3 is 9.64 Å². The number of ether oxygens (including phenoxy) is 1. The summed E-state index contributed by atoms with van der Waals surface area (Å²) in [6.45, 7) is 8.99. The van der Waals surface area contributed by atoms with Gasteiger partial charge in [-0.1, -0.05) is 6.92 Å². The third-order valence-electron chi connectivity index (χ3n) is 4.18. The summed E-state index contributed by atoms with van der Waals surface area (Å²) in [7, 11) is 2.18. The van der Waals surface area contributed by atoms with E-state index in [1.54, 1.807) is 0 Å². The van der Waals surface area contributed by atoms with Gasteiger partial charge in [-0.25, -0.2) is 0 Å². The molecule has 0 saturated carbocycles. The van der Waals surface area contributed by atoms with Gasteiger partial charge >= 0.3 is 0 Å². The average Bonchev–Trinajstić information content (AvgIpc) is 2.45. The highest BCUT2D eigenvalue weighted by Gasteiger charge is 2.30. The van der Waals surface area contributed by atoms with Crippen molar-refractivity contribution in [2.45, 2.75) is 64.1 Å². The molecule has 0 amide bonds. The molecule has 0 aromatic heterocycles. The van der Waals surface area contributed by atoms with Gasteiger partial charge in [0.25, 0.3) is 0 Å². The molecule has 0 bridgehead atoms. The minimum absolute atomic E-state index is 0.400. The van der Waals surface area contributed by atoms with E-state index in [2.05, 4.69) is 37.2 Å². The molecule has 2 atom stereocenters. The lowest BCUT2D eigenvalue weighted by molar-refractivity contribution is 0.0272. The van der Waals surface area contributed by atoms with E-state index in [1.165, 1.54) is 0 Å². The molecule has 1 fully saturated rings. The predicted molar refractivity (Wildman–Crippen MR) is 78.0 cm³/mol. The van der Waals surface area contributed by atoms with Gasteiger partial charge in [0.15, 0.2) is 0 Å². The Morgan fingerprint density at radius 3 is 2.63 bits per heavy atom. The molecule has 0 spiro atoms. The van der Waals surface area contributed by atoms with Crippen LogP contribution in [-0.4, -0.2) is 49.3 Å². The minimum Gasteiger partial charge on any atom is -0.381 e. The number of hydrogen-bond acceptors (Lipinski definition) is 4. The first-order valence-corrected chi connectivity index (χ1v) is 7.48. The maximum absolute atomic E-state index is 9.40. The van der Waals surface area contributed by atoms with Crippen LogP contribution >= 0.6 is 0 Å². The molecule has 1 aliphatic rings. The van der Waals surface area contributed by atoms with Crippen molar-refractivity contribution in [3.05, 3.63) is 0 Å². The summed E-state index contributed by atoms with van der Waals surface area (Å²) >= 11 is 0. The van der Waals surface area contributed by atoms with Crippen LogP contribution < -0.4 is 5.32 Å². The van der Waals surface area contributed by atoms with Gasteiger partial charge in [0.05, 0.1) is 6.07 Å². The summed E-state index contributed by atoms with van der Waals surface area (Å²) < 4.78 is 5.41. The highest BCUT2D eigenvalue weighted by molar-refractivity contribution is 5.05. The first-order chi connectivity index (χ1) is 9.02. The van der Waals surface area contributed by atoms with Crippen LogP contribution in [0.4, 0.5) is 0 Å². The molecular formula is C15H29N3O. The van der Waals surface area contributed by atoms with Crippen LogP contribution in [0.1, 0.15) is 46.5 Å². The molecule has 1 saturated heterocycles. The van der Waals surface area contributed by atoms with Gasteiger partial charge in [0, 0.05) is 25.3 Å². The van der Waals surface area contributed by atoms with Gasteiger partial charge in [-0.05, 0) is 53.1 Å². The van der Waals surface area contributed by atoms with Crippen molar-refractivity contribution in [2.75, 3.05) is 26.8 Å². The standard InChI is InChI=1S/C15H29N3O/c1-5-8-17-15(3,12-16)11-13(2)18(4)14-6-9-19-10-7-14/h13-14,17H,5-11H2,1-4H3. The molecule has 4 nitrogen and oxygen atoms in total. The highest BCUT2D eigenvalue weighted by atomic mass is 16.5. The third-order valence-corrected chi connectivity index (χ3v) is 4.18. The molecule has 1 aliphatic heterocycles. The SMILES string of the molecule is CCCNC(C)(C#N)CC(C)N(C)C1CCOCC1. The largest absolute Gasteiger partial charge is 0.381 e. The van der Waals surface area contributed by atoms with Crippen LogP contribution in [0.15, 0.2) is 0 Å². The fourth-order valence-corrected chi connectivity index (χ4v) is 2.75. The number of rotatable bonds is 7. The van der Waals surface area contributed by atoms with Gasteiger partial charge in [-0.3, -0.25) is 5.32 Å². The summed E-state index contributed by atoms with van der Waals surface area (Å²) in [6.07, 6.45) is 4.12. The van der Waals surface area contributed by atoms with Crippen molar-refractivity contribution in [2.24, 2.45) is 0 Å². The Hall–Kier alpha value is -0.630. The molecular weight excluding hydrogens is 238 g/mol. The molecule has 110 valence electrons. The van der Waals surface area contributed by atoms with Crippen molar-refractivity contribution < 1.29 is 4.74 Å². The van der Waals surface area contributed by atoms with E-state index >= 15 is 0 Å². The molecule has 0 aromatic carbocycles. The fraction of sp³-hybridized carbons (Fsp3) is 0.933. The van der Waals surface area contributed by atoms with Crippen LogP contribution in [0, 0.1) is 11.3 Å². The lowest BCUT2D eigenvalue weighted by atomic mass is 9.93. The molecule has 1 rings (SSSR count). The molecule has 4 heteroatoms. The van der Waals surface area contributed by atoms with Crippen LogP contribution in [0.25, 0.3) is 0 Å². The smallest absolute Gasteiger partial charge is 0.105 e. The summed E-state index contributed by atoms with van der Waals surface area (Å²) in [5.74, 6) is 0. The number of nitriles is 1. The second-order valence-electron chi connectivity index (χ2n) is 5.93. The van der Waals surface area contributed by atoms with E-state index < -0.39 is 5.54 Å². The lowest BCUT2D eigenvalue weighted by Gasteiger charge is -2.38. The van der Waals surface area contributed by atoms with Crippen molar-refractivity contribution in [1.82, 2.24) is 10.2 Å². The first kappa shape index (κ1) is 16.4. The topological polar surface area (TPSA) is 48.3 Å². The zero-order chi connectivity index (χ0) is 14.3. The van der Waals surface area contributed by atoms with E-state index in [4.69, 9.17) is 4.74 Å². The molecule has 1 N–H and O–H groups in total. The summed E-state index contributed by atoms with van der Waals surface area (Å²) in [5.41, 5.74) is -0.422. The van der Waals surface area contributed by atoms with Gasteiger partial charge in [0.2, 0.25) is 0 Å². The normalized spacial score (nSPS) is 21.9. The summed E-state index contributed by atoms with van der Waals surface area (Å²) in [6, 6.07) is 3.43. The van der Waals surface area contributed by atoms with Gasteiger partial charge in [-0.2, -0.15) is 5.26 Å². The highest BCUT2D eigenvalue weighted by Crippen LogP contribution is 2.21. The Bertz CT molecular complexity index is 296. The van der Waals surface area contributed by atoms with E-state index in [1.807, 2.05) is 6.92 Å². The summed E-state index contributed by atoms with van der Waals surface area (Å²) in [4.78, 5) is 2.42. The molecule has 2 unspecified atom stereocenters. The molecule has 19 heavy (non-hydrogen) atoms. The zero-order valence-electron chi connectivity index (χ0n) is 12.9. The second-order valence-corrected chi connectivity index (χ2v) is 5.93. The summed E-state index contributed by atoms with van der Waals surface area (Å²) in [5, 5.41) is 12.8.